The summed E-state index contributed by atoms with van der Waals surface area (Å²) in [4.78, 5) is 14.7. The fourth-order valence-electron chi connectivity index (χ4n) is 2.81. The number of carbonyl (C=O) groups is 1. The van der Waals surface area contributed by atoms with Gasteiger partial charge in [-0.3, -0.25) is 4.79 Å². The number of ether oxygens (including phenoxy) is 3. The Bertz CT molecular complexity index is 539. The van der Waals surface area contributed by atoms with Gasteiger partial charge in [0.1, 0.15) is 5.75 Å². The standard InChI is InChI=1S/C16H24N2O4.ClH/c1-20-13-8-15(22-3)14(21-2)7-12(13)16(19)18-6-4-5-11(9-17)10-18;/h7-8,11H,4-6,9-10,17H2,1-3H3;1H. The molecule has 1 aliphatic heterocycles. The maximum absolute atomic E-state index is 12.8. The van der Waals surface area contributed by atoms with Crippen molar-refractivity contribution in [3.05, 3.63) is 17.7 Å². The van der Waals surface area contributed by atoms with E-state index in [4.69, 9.17) is 19.9 Å². The number of benzene rings is 1. The van der Waals surface area contributed by atoms with Gasteiger partial charge in [0.05, 0.1) is 26.9 Å². The summed E-state index contributed by atoms with van der Waals surface area (Å²) >= 11 is 0. The van der Waals surface area contributed by atoms with Crippen molar-refractivity contribution >= 4 is 18.3 Å². The van der Waals surface area contributed by atoms with Crippen LogP contribution in [0.2, 0.25) is 0 Å². The minimum absolute atomic E-state index is 0. The van der Waals surface area contributed by atoms with Gasteiger partial charge >= 0.3 is 0 Å². The third-order valence-corrected chi connectivity index (χ3v) is 4.08. The molecule has 1 aliphatic rings. The summed E-state index contributed by atoms with van der Waals surface area (Å²) in [6, 6.07) is 3.35. The summed E-state index contributed by atoms with van der Waals surface area (Å²) in [5.74, 6) is 1.84. The van der Waals surface area contributed by atoms with Crippen LogP contribution in [0.1, 0.15) is 23.2 Å². The zero-order chi connectivity index (χ0) is 16.1. The van der Waals surface area contributed by atoms with Crippen LogP contribution < -0.4 is 19.9 Å². The largest absolute Gasteiger partial charge is 0.496 e. The monoisotopic (exact) mass is 344 g/mol. The van der Waals surface area contributed by atoms with Crippen LogP contribution in [-0.2, 0) is 0 Å². The highest BCUT2D eigenvalue weighted by Crippen LogP contribution is 2.35. The summed E-state index contributed by atoms with van der Waals surface area (Å²) in [5, 5.41) is 0. The molecule has 7 heteroatoms. The van der Waals surface area contributed by atoms with Crippen LogP contribution in [0.5, 0.6) is 17.2 Å². The Morgan fingerprint density at radius 3 is 2.35 bits per heavy atom. The number of nitrogens with zero attached hydrogens (tertiary/aromatic N) is 1. The quantitative estimate of drug-likeness (QED) is 0.883. The second-order valence-electron chi connectivity index (χ2n) is 5.40. The molecule has 23 heavy (non-hydrogen) atoms. The van der Waals surface area contributed by atoms with E-state index in [0.29, 0.717) is 41.8 Å². The average Bonchev–Trinajstić information content (AvgIpc) is 2.59. The van der Waals surface area contributed by atoms with Gasteiger partial charge in [0.15, 0.2) is 11.5 Å². The third-order valence-electron chi connectivity index (χ3n) is 4.08. The van der Waals surface area contributed by atoms with E-state index in [1.165, 1.54) is 7.11 Å². The predicted octanol–water partition coefficient (Wildman–Crippen LogP) is 1.95. The first-order valence-corrected chi connectivity index (χ1v) is 7.43. The third kappa shape index (κ3) is 4.20. The van der Waals surface area contributed by atoms with Crippen molar-refractivity contribution in [1.29, 1.82) is 0 Å². The van der Waals surface area contributed by atoms with Crippen molar-refractivity contribution in [3.8, 4) is 17.2 Å². The van der Waals surface area contributed by atoms with Crippen molar-refractivity contribution in [1.82, 2.24) is 4.90 Å². The number of piperidine rings is 1. The Balaban J connectivity index is 0.00000264. The zero-order valence-corrected chi connectivity index (χ0v) is 14.6. The van der Waals surface area contributed by atoms with Crippen molar-refractivity contribution in [2.24, 2.45) is 11.7 Å². The van der Waals surface area contributed by atoms with Gasteiger partial charge in [-0.15, -0.1) is 12.4 Å². The Hall–Kier alpha value is -1.66. The normalized spacial score (nSPS) is 17.2. The van der Waals surface area contributed by atoms with Gasteiger partial charge in [0.2, 0.25) is 0 Å². The summed E-state index contributed by atoms with van der Waals surface area (Å²) in [6.45, 7) is 2.03. The van der Waals surface area contributed by atoms with Crippen molar-refractivity contribution in [2.75, 3.05) is 41.0 Å². The first-order chi connectivity index (χ1) is 10.6. The van der Waals surface area contributed by atoms with Crippen LogP contribution in [-0.4, -0.2) is 51.8 Å². The van der Waals surface area contributed by atoms with E-state index in [9.17, 15) is 4.79 Å². The number of rotatable bonds is 5. The van der Waals surface area contributed by atoms with Gasteiger partial charge in [-0.05, 0) is 25.3 Å². The van der Waals surface area contributed by atoms with Crippen LogP contribution in [0, 0.1) is 5.92 Å². The van der Waals surface area contributed by atoms with E-state index in [0.717, 1.165) is 19.4 Å². The molecule has 1 amide bonds. The number of hydrogen-bond donors (Lipinski definition) is 1. The molecule has 1 fully saturated rings. The smallest absolute Gasteiger partial charge is 0.257 e. The topological polar surface area (TPSA) is 74.0 Å². The van der Waals surface area contributed by atoms with Crippen molar-refractivity contribution in [2.45, 2.75) is 12.8 Å². The van der Waals surface area contributed by atoms with E-state index < -0.39 is 0 Å². The first kappa shape index (κ1) is 19.4. The van der Waals surface area contributed by atoms with Gasteiger partial charge in [0.25, 0.3) is 5.91 Å². The molecule has 2 rings (SSSR count). The number of methoxy groups -OCH3 is 3. The highest BCUT2D eigenvalue weighted by Gasteiger charge is 2.27. The molecule has 0 saturated carbocycles. The Kier molecular flexibility index (Phi) is 7.45. The fraction of sp³-hybridized carbons (Fsp3) is 0.562. The highest BCUT2D eigenvalue weighted by atomic mass is 35.5. The van der Waals surface area contributed by atoms with Gasteiger partial charge in [-0.25, -0.2) is 0 Å². The number of nitrogens with two attached hydrogens (primary N) is 1. The molecule has 6 nitrogen and oxygen atoms in total. The van der Waals surface area contributed by atoms with Gasteiger partial charge < -0.3 is 24.8 Å². The lowest BCUT2D eigenvalue weighted by Crippen LogP contribution is -2.42. The Morgan fingerprint density at radius 1 is 1.17 bits per heavy atom. The lowest BCUT2D eigenvalue weighted by molar-refractivity contribution is 0.0674. The average molecular weight is 345 g/mol. The molecule has 0 spiro atoms. The number of halogens is 1. The zero-order valence-electron chi connectivity index (χ0n) is 13.8. The van der Waals surface area contributed by atoms with Crippen molar-refractivity contribution in [3.63, 3.8) is 0 Å². The van der Waals surface area contributed by atoms with Crippen LogP contribution in [0.4, 0.5) is 0 Å². The number of amides is 1. The van der Waals surface area contributed by atoms with Crippen LogP contribution in [0.3, 0.4) is 0 Å². The van der Waals surface area contributed by atoms with E-state index in [2.05, 4.69) is 0 Å². The fourth-order valence-corrected chi connectivity index (χ4v) is 2.81. The molecule has 1 atom stereocenters. The molecular formula is C16H25ClN2O4. The molecule has 2 N–H and O–H groups in total. The number of carbonyl (C=O) groups excluding carboxylic acids is 1. The molecule has 0 bridgehead atoms. The molecule has 1 aromatic rings. The van der Waals surface area contributed by atoms with Gasteiger partial charge in [-0.1, -0.05) is 0 Å². The van der Waals surface area contributed by atoms with Gasteiger partial charge in [-0.2, -0.15) is 0 Å². The molecule has 0 aliphatic carbocycles. The number of hydrogen-bond acceptors (Lipinski definition) is 5. The van der Waals surface area contributed by atoms with E-state index in [1.807, 2.05) is 4.90 Å². The second-order valence-corrected chi connectivity index (χ2v) is 5.40. The second kappa shape index (κ2) is 8.84. The summed E-state index contributed by atoms with van der Waals surface area (Å²) < 4.78 is 15.9. The molecule has 1 aromatic carbocycles. The molecule has 130 valence electrons. The van der Waals surface area contributed by atoms with E-state index in [-0.39, 0.29) is 18.3 Å². The van der Waals surface area contributed by atoms with E-state index >= 15 is 0 Å². The van der Waals surface area contributed by atoms with E-state index in [1.54, 1.807) is 26.4 Å². The maximum atomic E-state index is 12.8. The molecule has 0 aromatic heterocycles. The lowest BCUT2D eigenvalue weighted by Gasteiger charge is -2.32. The lowest BCUT2D eigenvalue weighted by atomic mass is 9.97. The maximum Gasteiger partial charge on any atom is 0.257 e. The highest BCUT2D eigenvalue weighted by molar-refractivity contribution is 5.98. The van der Waals surface area contributed by atoms with Crippen molar-refractivity contribution < 1.29 is 19.0 Å². The summed E-state index contributed by atoms with van der Waals surface area (Å²) in [5.41, 5.74) is 6.23. The summed E-state index contributed by atoms with van der Waals surface area (Å²) in [6.07, 6.45) is 2.05. The minimum atomic E-state index is -0.0593. The SMILES string of the molecule is COc1cc(OC)c(C(=O)N2CCCC(CN)C2)cc1OC.Cl. The van der Waals surface area contributed by atoms with Crippen LogP contribution in [0.25, 0.3) is 0 Å². The van der Waals surface area contributed by atoms with Crippen LogP contribution in [0.15, 0.2) is 12.1 Å². The molecule has 0 radical (unpaired) electrons. The predicted molar refractivity (Wildman–Crippen MR) is 91.0 cm³/mol. The first-order valence-electron chi connectivity index (χ1n) is 7.43. The Labute approximate surface area is 143 Å². The summed E-state index contributed by atoms with van der Waals surface area (Å²) in [7, 11) is 4.64. The molecule has 1 heterocycles. The van der Waals surface area contributed by atoms with Crippen LogP contribution >= 0.6 is 12.4 Å². The molecule has 1 saturated heterocycles. The van der Waals surface area contributed by atoms with Gasteiger partial charge in [0, 0.05) is 25.2 Å². The Morgan fingerprint density at radius 2 is 1.78 bits per heavy atom. The molecular weight excluding hydrogens is 320 g/mol. The number of likely N-dealkylation sites (tertiary alicyclic amines) is 1. The molecule has 1 unspecified atom stereocenters. The minimum Gasteiger partial charge on any atom is -0.496 e.